The fourth-order valence-electron chi connectivity index (χ4n) is 2.69. The lowest BCUT2D eigenvalue weighted by molar-refractivity contribution is -0.384. The van der Waals surface area contributed by atoms with Crippen molar-refractivity contribution in [3.63, 3.8) is 0 Å². The molecule has 3 rings (SSSR count). The lowest BCUT2D eigenvalue weighted by Crippen LogP contribution is -2.31. The van der Waals surface area contributed by atoms with Crippen LogP contribution in [0.2, 0.25) is 0 Å². The first-order valence-electron chi connectivity index (χ1n) is 8.69. The van der Waals surface area contributed by atoms with E-state index in [1.807, 2.05) is 38.1 Å². The predicted molar refractivity (Wildman–Crippen MR) is 105 cm³/mol. The molecular formula is C20H20N4O4. The smallest absolute Gasteiger partial charge is 0.270 e. The molecule has 0 fully saturated rings. The van der Waals surface area contributed by atoms with Gasteiger partial charge in [-0.3, -0.25) is 14.9 Å². The number of ether oxygens (including phenoxy) is 1. The van der Waals surface area contributed by atoms with Crippen molar-refractivity contribution in [2.75, 3.05) is 7.11 Å². The average molecular weight is 380 g/mol. The fraction of sp³-hybridized carbons (Fsp3) is 0.200. The van der Waals surface area contributed by atoms with Gasteiger partial charge in [-0.15, -0.1) is 0 Å². The summed E-state index contributed by atoms with van der Waals surface area (Å²) in [6, 6.07) is 14.9. The van der Waals surface area contributed by atoms with Gasteiger partial charge in [-0.25, -0.2) is 4.68 Å². The lowest BCUT2D eigenvalue weighted by Gasteiger charge is -2.10. The first-order chi connectivity index (χ1) is 13.4. The zero-order valence-corrected chi connectivity index (χ0v) is 15.7. The van der Waals surface area contributed by atoms with Gasteiger partial charge in [-0.05, 0) is 56.3 Å². The molecule has 1 amide bonds. The van der Waals surface area contributed by atoms with Crippen molar-refractivity contribution in [2.45, 2.75) is 19.9 Å². The Morgan fingerprint density at radius 2 is 1.79 bits per heavy atom. The summed E-state index contributed by atoms with van der Waals surface area (Å²) < 4.78 is 6.66. The highest BCUT2D eigenvalue weighted by atomic mass is 16.6. The van der Waals surface area contributed by atoms with Crippen LogP contribution in [-0.4, -0.2) is 33.8 Å². The molecule has 0 saturated carbocycles. The summed E-state index contributed by atoms with van der Waals surface area (Å²) in [6.07, 6.45) is 0. The number of methoxy groups -OCH3 is 1. The second-order valence-corrected chi connectivity index (χ2v) is 6.46. The van der Waals surface area contributed by atoms with Crippen LogP contribution in [0.25, 0.3) is 16.9 Å². The zero-order chi connectivity index (χ0) is 20.3. The quantitative estimate of drug-likeness (QED) is 0.520. The van der Waals surface area contributed by atoms with E-state index in [4.69, 9.17) is 4.74 Å². The number of non-ortho nitro benzene ring substituents is 1. The van der Waals surface area contributed by atoms with Crippen molar-refractivity contribution in [3.8, 4) is 22.7 Å². The number of benzene rings is 2. The Morgan fingerprint density at radius 3 is 2.32 bits per heavy atom. The largest absolute Gasteiger partial charge is 0.497 e. The van der Waals surface area contributed by atoms with E-state index in [1.165, 1.54) is 16.8 Å². The molecule has 0 spiro atoms. The van der Waals surface area contributed by atoms with Crippen molar-refractivity contribution in [1.82, 2.24) is 15.1 Å². The number of amides is 1. The number of hydrogen-bond donors (Lipinski definition) is 1. The molecule has 0 radical (unpaired) electrons. The summed E-state index contributed by atoms with van der Waals surface area (Å²) in [6.45, 7) is 3.74. The number of rotatable bonds is 6. The highest BCUT2D eigenvalue weighted by molar-refractivity contribution is 5.94. The number of carbonyl (C=O) groups is 1. The maximum Gasteiger partial charge on any atom is 0.270 e. The molecule has 28 heavy (non-hydrogen) atoms. The van der Waals surface area contributed by atoms with E-state index in [2.05, 4.69) is 10.4 Å². The van der Waals surface area contributed by atoms with E-state index in [9.17, 15) is 14.9 Å². The Morgan fingerprint density at radius 1 is 1.14 bits per heavy atom. The first kappa shape index (κ1) is 19.1. The number of nitro benzene ring substituents is 1. The molecule has 0 atom stereocenters. The van der Waals surface area contributed by atoms with E-state index in [-0.39, 0.29) is 17.6 Å². The topological polar surface area (TPSA) is 99.3 Å². The van der Waals surface area contributed by atoms with Crippen molar-refractivity contribution in [1.29, 1.82) is 0 Å². The van der Waals surface area contributed by atoms with E-state index in [1.54, 1.807) is 25.3 Å². The van der Waals surface area contributed by atoms with Crippen molar-refractivity contribution in [2.24, 2.45) is 0 Å². The third kappa shape index (κ3) is 4.01. The summed E-state index contributed by atoms with van der Waals surface area (Å²) in [5, 5.41) is 18.3. The van der Waals surface area contributed by atoms with Gasteiger partial charge in [-0.1, -0.05) is 0 Å². The maximum atomic E-state index is 12.7. The van der Waals surface area contributed by atoms with Crippen LogP contribution in [-0.2, 0) is 0 Å². The van der Waals surface area contributed by atoms with Crippen molar-refractivity contribution in [3.05, 3.63) is 70.4 Å². The van der Waals surface area contributed by atoms with Crippen LogP contribution in [0, 0.1) is 10.1 Å². The molecule has 0 aliphatic rings. The lowest BCUT2D eigenvalue weighted by atomic mass is 10.1. The molecule has 1 N–H and O–H groups in total. The Balaban J connectivity index is 2.06. The minimum Gasteiger partial charge on any atom is -0.497 e. The minimum atomic E-state index is -0.470. The molecular weight excluding hydrogens is 360 g/mol. The van der Waals surface area contributed by atoms with Crippen molar-refractivity contribution < 1.29 is 14.5 Å². The van der Waals surface area contributed by atoms with Gasteiger partial charge in [0.05, 0.1) is 23.4 Å². The van der Waals surface area contributed by atoms with Gasteiger partial charge >= 0.3 is 0 Å². The first-order valence-corrected chi connectivity index (χ1v) is 8.69. The zero-order valence-electron chi connectivity index (χ0n) is 15.7. The molecule has 2 aromatic carbocycles. The van der Waals surface area contributed by atoms with Gasteiger partial charge in [0, 0.05) is 23.7 Å². The van der Waals surface area contributed by atoms with Gasteiger partial charge in [0.1, 0.15) is 11.4 Å². The molecule has 1 heterocycles. The molecule has 8 nitrogen and oxygen atoms in total. The summed E-state index contributed by atoms with van der Waals surface area (Å²) in [5.41, 5.74) is 2.29. The second kappa shape index (κ2) is 7.91. The Bertz CT molecular complexity index is 992. The summed E-state index contributed by atoms with van der Waals surface area (Å²) in [4.78, 5) is 23.1. The highest BCUT2D eigenvalue weighted by Crippen LogP contribution is 2.25. The summed E-state index contributed by atoms with van der Waals surface area (Å²) >= 11 is 0. The van der Waals surface area contributed by atoms with Crippen LogP contribution >= 0.6 is 0 Å². The van der Waals surface area contributed by atoms with E-state index < -0.39 is 4.92 Å². The molecule has 0 bridgehead atoms. The number of nitrogens with zero attached hydrogens (tertiary/aromatic N) is 3. The van der Waals surface area contributed by atoms with Crippen LogP contribution < -0.4 is 10.1 Å². The van der Waals surface area contributed by atoms with Crippen LogP contribution in [0.15, 0.2) is 54.6 Å². The monoisotopic (exact) mass is 380 g/mol. The van der Waals surface area contributed by atoms with Gasteiger partial charge in [0.15, 0.2) is 0 Å². The highest BCUT2D eigenvalue weighted by Gasteiger charge is 2.19. The third-order valence-electron chi connectivity index (χ3n) is 4.05. The predicted octanol–water partition coefficient (Wildman–Crippen LogP) is 3.59. The summed E-state index contributed by atoms with van der Waals surface area (Å²) in [7, 11) is 1.59. The molecule has 144 valence electrons. The van der Waals surface area contributed by atoms with Crippen LogP contribution in [0.3, 0.4) is 0 Å². The Labute approximate surface area is 161 Å². The Hall–Kier alpha value is -3.68. The van der Waals surface area contributed by atoms with Gasteiger partial charge in [-0.2, -0.15) is 5.10 Å². The van der Waals surface area contributed by atoms with E-state index in [0.29, 0.717) is 17.1 Å². The minimum absolute atomic E-state index is 0.0283. The third-order valence-corrected chi connectivity index (χ3v) is 4.05. The molecule has 0 saturated heterocycles. The molecule has 8 heteroatoms. The maximum absolute atomic E-state index is 12.7. The fourth-order valence-corrected chi connectivity index (χ4v) is 2.69. The van der Waals surface area contributed by atoms with E-state index >= 15 is 0 Å². The molecule has 0 unspecified atom stereocenters. The molecule has 3 aromatic rings. The van der Waals surface area contributed by atoms with Gasteiger partial charge < -0.3 is 10.1 Å². The summed E-state index contributed by atoms with van der Waals surface area (Å²) in [5.74, 6) is 0.442. The average Bonchev–Trinajstić information content (AvgIpc) is 3.13. The number of carbonyl (C=O) groups excluding carboxylic acids is 1. The molecule has 1 aromatic heterocycles. The number of aromatic nitrogens is 2. The van der Waals surface area contributed by atoms with Crippen LogP contribution in [0.4, 0.5) is 5.69 Å². The molecule has 0 aliphatic heterocycles. The van der Waals surface area contributed by atoms with Crippen LogP contribution in [0.5, 0.6) is 5.75 Å². The van der Waals surface area contributed by atoms with Gasteiger partial charge in [0.2, 0.25) is 0 Å². The van der Waals surface area contributed by atoms with Crippen molar-refractivity contribution >= 4 is 11.6 Å². The number of hydrogen-bond acceptors (Lipinski definition) is 5. The van der Waals surface area contributed by atoms with Crippen LogP contribution in [0.1, 0.15) is 24.3 Å². The normalized spacial score (nSPS) is 10.7. The van der Waals surface area contributed by atoms with E-state index in [0.717, 1.165) is 11.3 Å². The Kier molecular flexibility index (Phi) is 5.39. The van der Waals surface area contributed by atoms with Gasteiger partial charge in [0.25, 0.3) is 11.6 Å². The SMILES string of the molecule is COc1ccc(-c2cc(C(=O)NC(C)C)n(-c3ccc([N+](=O)[O-])cc3)n2)cc1. The standard InChI is InChI=1S/C20H20N4O4/c1-13(2)21-20(25)19-12-18(14-4-10-17(28-3)11-5-14)22-23(19)15-6-8-16(9-7-15)24(26)27/h4-13H,1-3H3,(H,21,25). The second-order valence-electron chi connectivity index (χ2n) is 6.46. The molecule has 0 aliphatic carbocycles. The number of nitro groups is 1. The number of nitrogens with one attached hydrogen (secondary N) is 1.